The zero-order valence-electron chi connectivity index (χ0n) is 27.5. The lowest BCUT2D eigenvalue weighted by Gasteiger charge is -2.68. The number of aliphatic hydroxyl groups excluding tert-OH is 6. The zero-order chi connectivity index (χ0) is 29.7. The Kier molecular flexibility index (Phi) is 18.3. The fraction of sp³-hybridized carbons (Fsp3) is 0.897. The van der Waals surface area contributed by atoms with E-state index in [2.05, 4.69) is 0 Å². The number of cyclic esters (lactones) is 1. The lowest BCUT2D eigenvalue weighted by Crippen LogP contribution is -2.76. The molecule has 0 unspecified atom stereocenters. The van der Waals surface area contributed by atoms with E-state index in [0.29, 0.717) is 19.3 Å². The summed E-state index contributed by atoms with van der Waals surface area (Å²) < 4.78 is 16.7. The van der Waals surface area contributed by atoms with E-state index >= 15 is 0 Å². The van der Waals surface area contributed by atoms with Crippen molar-refractivity contribution in [3.8, 4) is 0 Å². The molecular formula is C29H60O20. The summed E-state index contributed by atoms with van der Waals surface area (Å²) in [5.74, 6) is -1.93. The van der Waals surface area contributed by atoms with Gasteiger partial charge in [-0.25, -0.2) is 4.79 Å². The maximum atomic E-state index is 12.4. The zero-order valence-corrected chi connectivity index (χ0v) is 27.5. The summed E-state index contributed by atoms with van der Waals surface area (Å²) in [5, 5.41) is 89.6. The molecule has 6 rings (SSSR count). The van der Waals surface area contributed by atoms with Crippen LogP contribution in [0.1, 0.15) is 58.8 Å². The number of rotatable bonds is 4. The Bertz CT molecular complexity index is 1100. The minimum atomic E-state index is -1.67. The topological polar surface area (TPSA) is 459 Å². The maximum Gasteiger partial charge on any atom is 0.331 e. The summed E-state index contributed by atoms with van der Waals surface area (Å²) in [4.78, 5) is 11.8. The van der Waals surface area contributed by atoms with E-state index < -0.39 is 95.5 Å². The van der Waals surface area contributed by atoms with Gasteiger partial charge < -0.3 is 98.9 Å². The third-order valence-corrected chi connectivity index (χ3v) is 12.2. The lowest BCUT2D eigenvalue weighted by atomic mass is 9.40. The molecule has 0 spiro atoms. The number of aliphatic hydroxyl groups is 8. The fourth-order valence-electron chi connectivity index (χ4n) is 10.1. The number of ether oxygens (including phenoxy) is 3. The molecule has 4 saturated carbocycles. The minimum absolute atomic E-state index is 0. The molecule has 20 nitrogen and oxygen atoms in total. The van der Waals surface area contributed by atoms with E-state index in [1.54, 1.807) is 0 Å². The molecule has 296 valence electrons. The van der Waals surface area contributed by atoms with E-state index in [-0.39, 0.29) is 82.0 Å². The molecule has 0 amide bonds. The molecule has 15 atom stereocenters. The van der Waals surface area contributed by atoms with Gasteiger partial charge in [0.05, 0.1) is 47.6 Å². The van der Waals surface area contributed by atoms with Crippen LogP contribution in [0.5, 0.6) is 0 Å². The van der Waals surface area contributed by atoms with Crippen LogP contribution in [0.15, 0.2) is 11.6 Å². The molecule has 0 radical (unpaired) electrons. The van der Waals surface area contributed by atoms with Gasteiger partial charge >= 0.3 is 5.97 Å². The molecule has 20 heteroatoms. The SMILES string of the molecule is C[C@@H]1O[C@@H](O[C@H]2C[C@@H](O)[C@]3(CO)[C@H]4[C@H](O)C[C@]5(C)[C@@H](C6=CC(=O)OC6)CC[C@]5(O)[C@@H]4CC[C@]3(O)C2)[C@H](O)[C@H](O)[C@H]1O.O.O.O.O.O.O.O.O. The summed E-state index contributed by atoms with van der Waals surface area (Å²) in [6.07, 6.45) is -6.68. The summed E-state index contributed by atoms with van der Waals surface area (Å²) in [6.45, 7) is 3.00. The van der Waals surface area contributed by atoms with Crippen molar-refractivity contribution in [3.63, 3.8) is 0 Å². The molecule has 4 aliphatic carbocycles. The third kappa shape index (κ3) is 7.02. The van der Waals surface area contributed by atoms with Gasteiger partial charge in [0.2, 0.25) is 0 Å². The summed E-state index contributed by atoms with van der Waals surface area (Å²) in [7, 11) is 0. The maximum absolute atomic E-state index is 12.4. The van der Waals surface area contributed by atoms with Crippen LogP contribution in [-0.2, 0) is 19.0 Å². The van der Waals surface area contributed by atoms with Crippen LogP contribution >= 0.6 is 0 Å². The summed E-state index contributed by atoms with van der Waals surface area (Å²) in [5.41, 5.74) is -4.46. The molecule has 24 N–H and O–H groups in total. The van der Waals surface area contributed by atoms with Gasteiger partial charge in [0, 0.05) is 30.3 Å². The average Bonchev–Trinajstić information content (AvgIpc) is 3.45. The molecule has 0 aromatic heterocycles. The Morgan fingerprint density at radius 3 is 2.04 bits per heavy atom. The van der Waals surface area contributed by atoms with Crippen LogP contribution in [0.3, 0.4) is 0 Å². The van der Waals surface area contributed by atoms with E-state index in [9.17, 15) is 45.6 Å². The van der Waals surface area contributed by atoms with Crippen LogP contribution in [0.4, 0.5) is 0 Å². The highest BCUT2D eigenvalue weighted by molar-refractivity contribution is 5.85. The minimum Gasteiger partial charge on any atom is -0.458 e. The second-order valence-electron chi connectivity index (χ2n) is 13.8. The second-order valence-corrected chi connectivity index (χ2v) is 13.8. The van der Waals surface area contributed by atoms with Gasteiger partial charge in [0.25, 0.3) is 0 Å². The number of hydrogen-bond acceptors (Lipinski definition) is 12. The molecule has 6 aliphatic rings. The van der Waals surface area contributed by atoms with E-state index in [4.69, 9.17) is 14.2 Å². The van der Waals surface area contributed by atoms with Crippen molar-refractivity contribution in [2.45, 2.75) is 119 Å². The highest BCUT2D eigenvalue weighted by Crippen LogP contribution is 2.70. The number of carbonyl (C=O) groups is 1. The van der Waals surface area contributed by atoms with Gasteiger partial charge in [0.15, 0.2) is 6.29 Å². The normalized spacial score (nSPS) is 47.6. The van der Waals surface area contributed by atoms with Crippen LogP contribution in [0.2, 0.25) is 0 Å². The smallest absolute Gasteiger partial charge is 0.331 e. The fourth-order valence-corrected chi connectivity index (χ4v) is 10.1. The molecule has 2 heterocycles. The number of fused-ring (bicyclic) bond motifs is 5. The average molecular weight is 729 g/mol. The van der Waals surface area contributed by atoms with Gasteiger partial charge in [-0.05, 0) is 56.4 Å². The van der Waals surface area contributed by atoms with Gasteiger partial charge in [-0.3, -0.25) is 0 Å². The van der Waals surface area contributed by atoms with Crippen molar-refractivity contribution < 1.29 is 104 Å². The third-order valence-electron chi connectivity index (χ3n) is 12.2. The molecule has 5 fully saturated rings. The molecule has 0 aromatic rings. The van der Waals surface area contributed by atoms with Crippen molar-refractivity contribution >= 4 is 5.97 Å². The Labute approximate surface area is 282 Å². The van der Waals surface area contributed by atoms with Crippen molar-refractivity contribution in [3.05, 3.63) is 11.6 Å². The Balaban J connectivity index is -0.00000264. The van der Waals surface area contributed by atoms with E-state index in [0.717, 1.165) is 5.57 Å². The van der Waals surface area contributed by atoms with Crippen LogP contribution in [-0.4, -0.2) is 164 Å². The first-order chi connectivity index (χ1) is 19.2. The highest BCUT2D eigenvalue weighted by Gasteiger charge is 2.75. The van der Waals surface area contributed by atoms with Crippen molar-refractivity contribution in [1.29, 1.82) is 0 Å². The Morgan fingerprint density at radius 2 is 1.49 bits per heavy atom. The molecule has 0 bridgehead atoms. The Hall–Kier alpha value is -1.51. The van der Waals surface area contributed by atoms with E-state index in [1.807, 2.05) is 6.92 Å². The lowest BCUT2D eigenvalue weighted by molar-refractivity contribution is -0.342. The molecule has 0 aromatic carbocycles. The largest absolute Gasteiger partial charge is 0.458 e. The number of carbonyl (C=O) groups excluding carboxylic acids is 1. The van der Waals surface area contributed by atoms with Crippen LogP contribution < -0.4 is 0 Å². The van der Waals surface area contributed by atoms with Gasteiger partial charge in [-0.15, -0.1) is 0 Å². The van der Waals surface area contributed by atoms with Gasteiger partial charge in [-0.2, -0.15) is 0 Å². The Morgan fingerprint density at radius 1 is 0.878 bits per heavy atom. The molecule has 2 aliphatic heterocycles. The number of esters is 1. The van der Waals surface area contributed by atoms with E-state index in [1.165, 1.54) is 13.0 Å². The van der Waals surface area contributed by atoms with Crippen LogP contribution in [0, 0.1) is 28.6 Å². The quantitative estimate of drug-likeness (QED) is 0.0988. The second kappa shape index (κ2) is 17.3. The van der Waals surface area contributed by atoms with Crippen molar-refractivity contribution in [2.24, 2.45) is 28.6 Å². The predicted octanol–water partition coefficient (Wildman–Crippen LogP) is -8.11. The van der Waals surface area contributed by atoms with Gasteiger partial charge in [0.1, 0.15) is 24.9 Å². The molecular weight excluding hydrogens is 668 g/mol. The molecule has 1 saturated heterocycles. The van der Waals surface area contributed by atoms with Gasteiger partial charge in [-0.1, -0.05) is 6.92 Å². The van der Waals surface area contributed by atoms with Crippen molar-refractivity contribution in [2.75, 3.05) is 13.2 Å². The standard InChI is InChI=1S/C29H44O12.8H2O/c1-13-22(34)23(35)24(36)25(40-13)41-15-8-19(32)28(12-30)21-17(3-5-27(28,37)9-15)29(38)6-4-16(14-7-20(33)39-11-14)26(29,2)10-18(21)31;;;;;;;;/h7,13,15-19,21-25,30-32,34-38H,3-6,8-12H2,1-2H3;8*1H2/t13-,15-,16+,17+,18+,19+,21+,22-,23+,24+,25-,26+,27-,28+,29-;;;;;;;;/m0......../s1. The first kappa shape index (κ1) is 51.9. The van der Waals surface area contributed by atoms with Crippen molar-refractivity contribution in [1.82, 2.24) is 0 Å². The summed E-state index contributed by atoms with van der Waals surface area (Å²) in [6, 6.07) is 0. The number of hydrogen-bond donors (Lipinski definition) is 8. The monoisotopic (exact) mass is 728 g/mol. The predicted molar refractivity (Wildman–Crippen MR) is 168 cm³/mol. The van der Waals surface area contributed by atoms with Crippen LogP contribution in [0.25, 0.3) is 0 Å². The first-order valence-corrected chi connectivity index (χ1v) is 14.9. The molecule has 49 heavy (non-hydrogen) atoms. The first-order valence-electron chi connectivity index (χ1n) is 14.9. The summed E-state index contributed by atoms with van der Waals surface area (Å²) >= 11 is 0. The highest BCUT2D eigenvalue weighted by atomic mass is 16.7.